The quantitative estimate of drug-likeness (QED) is 0.390. The van der Waals surface area contributed by atoms with Gasteiger partial charge in [-0.15, -0.1) is 12.4 Å². The van der Waals surface area contributed by atoms with Crippen molar-refractivity contribution >= 4 is 24.0 Å². The number of nitrogens with zero attached hydrogens (tertiary/aromatic N) is 3. The van der Waals surface area contributed by atoms with E-state index in [2.05, 4.69) is 10.3 Å². The van der Waals surface area contributed by atoms with Crippen LogP contribution in [0.15, 0.2) is 65.7 Å². The van der Waals surface area contributed by atoms with Crippen LogP contribution in [0, 0.1) is 5.92 Å². The molecule has 13 heteroatoms. The molecular formula is C29H33ClF3N5O4. The predicted octanol–water partition coefficient (Wildman–Crippen LogP) is 3.81. The first-order chi connectivity index (χ1) is 19.5. The van der Waals surface area contributed by atoms with E-state index in [1.807, 2.05) is 30.3 Å². The number of benzene rings is 2. The Morgan fingerprint density at radius 2 is 1.86 bits per heavy atom. The third-order valence-electron chi connectivity index (χ3n) is 7.91. The molecule has 3 heterocycles. The number of aromatic nitrogens is 2. The van der Waals surface area contributed by atoms with Crippen molar-refractivity contribution in [3.05, 3.63) is 82.4 Å². The van der Waals surface area contributed by atoms with Crippen molar-refractivity contribution in [1.29, 1.82) is 0 Å². The summed E-state index contributed by atoms with van der Waals surface area (Å²) < 4.78 is 45.6. The number of piperidine rings is 2. The highest BCUT2D eigenvalue weighted by Gasteiger charge is 2.39. The van der Waals surface area contributed by atoms with Crippen molar-refractivity contribution < 1.29 is 27.8 Å². The van der Waals surface area contributed by atoms with Gasteiger partial charge < -0.3 is 25.8 Å². The van der Waals surface area contributed by atoms with Gasteiger partial charge in [-0.05, 0) is 49.6 Å². The van der Waals surface area contributed by atoms with Gasteiger partial charge in [-0.3, -0.25) is 14.2 Å². The van der Waals surface area contributed by atoms with E-state index in [-0.39, 0.29) is 66.9 Å². The van der Waals surface area contributed by atoms with Crippen molar-refractivity contribution in [2.24, 2.45) is 5.92 Å². The minimum absolute atomic E-state index is 0. The Bertz CT molecular complexity index is 1450. The molecule has 226 valence electrons. The first-order valence-electron chi connectivity index (χ1n) is 13.5. The van der Waals surface area contributed by atoms with Gasteiger partial charge in [0.25, 0.3) is 5.56 Å². The number of halogens is 4. The zero-order valence-corrected chi connectivity index (χ0v) is 23.5. The van der Waals surface area contributed by atoms with E-state index in [1.165, 1.54) is 12.1 Å². The van der Waals surface area contributed by atoms with Crippen LogP contribution in [0.3, 0.4) is 0 Å². The molecule has 2 saturated heterocycles. The van der Waals surface area contributed by atoms with Crippen molar-refractivity contribution in [1.82, 2.24) is 19.8 Å². The van der Waals surface area contributed by atoms with Crippen molar-refractivity contribution in [2.45, 2.75) is 43.5 Å². The fourth-order valence-electron chi connectivity index (χ4n) is 5.59. The molecule has 1 amide bonds. The maximum Gasteiger partial charge on any atom is 0.416 e. The first-order valence-corrected chi connectivity index (χ1v) is 13.5. The molecule has 1 aromatic heterocycles. The molecule has 2 aliphatic rings. The molecule has 0 bridgehead atoms. The minimum Gasteiger partial charge on any atom is -0.437 e. The van der Waals surface area contributed by atoms with Crippen LogP contribution >= 0.6 is 12.4 Å². The van der Waals surface area contributed by atoms with Crippen LogP contribution in [-0.4, -0.2) is 57.2 Å². The smallest absolute Gasteiger partial charge is 0.416 e. The lowest BCUT2D eigenvalue weighted by Gasteiger charge is -2.41. The van der Waals surface area contributed by atoms with Crippen LogP contribution in [0.2, 0.25) is 0 Å². The number of carbonyl (C=O) groups excluding carboxylic acids is 1. The number of nitrogens with two attached hydrogens (primary N) is 1. The second kappa shape index (κ2) is 12.7. The Kier molecular flexibility index (Phi) is 9.49. The lowest BCUT2D eigenvalue weighted by Crippen LogP contribution is -2.52. The summed E-state index contributed by atoms with van der Waals surface area (Å²) in [6, 6.07) is 14.1. The Balaban J connectivity index is 0.00000405. The second-order valence-corrected chi connectivity index (χ2v) is 10.7. The van der Waals surface area contributed by atoms with Crippen LogP contribution in [0.25, 0.3) is 0 Å². The van der Waals surface area contributed by atoms with Crippen LogP contribution in [0.4, 0.5) is 18.9 Å². The molecular weight excluding hydrogens is 575 g/mol. The van der Waals surface area contributed by atoms with Gasteiger partial charge in [-0.1, -0.05) is 36.4 Å². The lowest BCUT2D eigenvalue weighted by atomic mass is 9.80. The largest absolute Gasteiger partial charge is 0.437 e. The van der Waals surface area contributed by atoms with Gasteiger partial charge in [0.1, 0.15) is 12.1 Å². The van der Waals surface area contributed by atoms with E-state index in [0.29, 0.717) is 13.1 Å². The zero-order valence-electron chi connectivity index (χ0n) is 22.7. The molecule has 0 saturated carbocycles. The van der Waals surface area contributed by atoms with Crippen LogP contribution < -0.4 is 21.3 Å². The van der Waals surface area contributed by atoms with Gasteiger partial charge in [0.05, 0.1) is 17.7 Å². The molecule has 2 fully saturated rings. The molecule has 0 aliphatic carbocycles. The summed E-state index contributed by atoms with van der Waals surface area (Å²) in [6.07, 6.45) is -2.16. The predicted molar refractivity (Wildman–Crippen MR) is 153 cm³/mol. The van der Waals surface area contributed by atoms with E-state index in [0.717, 1.165) is 48.1 Å². The normalized spacial score (nSPS) is 20.4. The molecule has 3 aromatic rings. The summed E-state index contributed by atoms with van der Waals surface area (Å²) in [5.74, 6) is -0.507. The second-order valence-electron chi connectivity index (χ2n) is 10.7. The maximum absolute atomic E-state index is 13.5. The average molecular weight is 608 g/mol. The number of likely N-dealkylation sites (tertiary alicyclic amines) is 1. The summed E-state index contributed by atoms with van der Waals surface area (Å²) >= 11 is 0. The maximum atomic E-state index is 13.5. The summed E-state index contributed by atoms with van der Waals surface area (Å²) in [5.41, 5.74) is 3.79. The summed E-state index contributed by atoms with van der Waals surface area (Å²) in [5, 5.41) is 14.7. The van der Waals surface area contributed by atoms with Crippen LogP contribution in [0.1, 0.15) is 36.3 Å². The van der Waals surface area contributed by atoms with Crippen LogP contribution in [-0.2, 0) is 17.5 Å². The fraction of sp³-hybridized carbons (Fsp3) is 0.414. The molecule has 2 aromatic carbocycles. The Hall–Kier alpha value is -3.61. The van der Waals surface area contributed by atoms with Gasteiger partial charge >= 0.3 is 6.18 Å². The Labute approximate surface area is 246 Å². The fourth-order valence-corrected chi connectivity index (χ4v) is 5.59. The highest BCUT2D eigenvalue weighted by atomic mass is 35.5. The van der Waals surface area contributed by atoms with E-state index in [4.69, 9.17) is 10.5 Å². The van der Waals surface area contributed by atoms with Gasteiger partial charge in [0.15, 0.2) is 5.69 Å². The molecule has 4 N–H and O–H groups in total. The zero-order chi connectivity index (χ0) is 29.2. The molecule has 42 heavy (non-hydrogen) atoms. The Morgan fingerprint density at radius 1 is 1.14 bits per heavy atom. The summed E-state index contributed by atoms with van der Waals surface area (Å²) in [7, 11) is 0. The molecule has 5 rings (SSSR count). The number of rotatable bonds is 6. The number of hydrogen-bond donors (Lipinski definition) is 3. The van der Waals surface area contributed by atoms with E-state index >= 15 is 0 Å². The number of amides is 1. The third kappa shape index (κ3) is 6.88. The lowest BCUT2D eigenvalue weighted by molar-refractivity contribution is -0.141. The molecule has 2 atom stereocenters. The highest BCUT2D eigenvalue weighted by molar-refractivity contribution is 5.85. The monoisotopic (exact) mass is 607 g/mol. The summed E-state index contributed by atoms with van der Waals surface area (Å²) in [4.78, 5) is 32.3. The van der Waals surface area contributed by atoms with Crippen molar-refractivity contribution in [3.8, 4) is 11.6 Å². The van der Waals surface area contributed by atoms with Gasteiger partial charge in [0.2, 0.25) is 11.8 Å². The average Bonchev–Trinajstić information content (AvgIpc) is 2.97. The summed E-state index contributed by atoms with van der Waals surface area (Å²) in [6.45, 7) is 2.07. The number of nitrogens with one attached hydrogen (secondary N) is 1. The molecule has 2 aliphatic heterocycles. The SMILES string of the molecule is Cl.Nc1c(Oc2cccc(C(F)(F)F)c2)ncn(CC2(O)CCN(C(=O)[C@@H]3CCNC[C@H]3c3ccccc3)CC2)c1=O. The van der Waals surface area contributed by atoms with Gasteiger partial charge in [-0.2, -0.15) is 13.2 Å². The highest BCUT2D eigenvalue weighted by Crippen LogP contribution is 2.34. The number of ether oxygens (including phenoxy) is 1. The third-order valence-corrected chi connectivity index (χ3v) is 7.91. The van der Waals surface area contributed by atoms with Crippen molar-refractivity contribution in [2.75, 3.05) is 31.9 Å². The first kappa shape index (κ1) is 31.3. The minimum atomic E-state index is -4.56. The number of aliphatic hydroxyl groups is 1. The standard InChI is InChI=1S/C29H32F3N5O4.ClH/c30-29(31,32)20-7-4-8-21(15-20)41-25-24(33)27(39)37(18-35-25)17-28(40)10-13-36(14-11-28)26(38)22-9-12-34-16-23(22)19-5-2-1-3-6-19;/h1-8,15,18,22-23,34,40H,9-14,16-17,33H2;1H/t22-,23+;/m1./s1. The van der Waals surface area contributed by atoms with Crippen molar-refractivity contribution in [3.63, 3.8) is 0 Å². The number of anilines is 1. The van der Waals surface area contributed by atoms with Crippen LogP contribution in [0.5, 0.6) is 11.6 Å². The number of carbonyl (C=O) groups is 1. The van der Waals surface area contributed by atoms with Gasteiger partial charge in [0, 0.05) is 31.5 Å². The Morgan fingerprint density at radius 3 is 2.55 bits per heavy atom. The number of hydrogen-bond acceptors (Lipinski definition) is 7. The van der Waals surface area contributed by atoms with Gasteiger partial charge in [-0.25, -0.2) is 4.98 Å². The number of alkyl halides is 3. The molecule has 0 radical (unpaired) electrons. The number of nitrogen functional groups attached to an aromatic ring is 1. The van der Waals surface area contributed by atoms with E-state index in [9.17, 15) is 27.9 Å². The van der Waals surface area contributed by atoms with E-state index in [1.54, 1.807) is 4.90 Å². The molecule has 9 nitrogen and oxygen atoms in total. The van der Waals surface area contributed by atoms with E-state index < -0.39 is 22.9 Å². The topological polar surface area (TPSA) is 123 Å². The molecule has 0 unspecified atom stereocenters. The molecule has 0 spiro atoms.